The van der Waals surface area contributed by atoms with Crippen LogP contribution in [0, 0.1) is 0 Å². The van der Waals surface area contributed by atoms with E-state index in [1.54, 1.807) is 24.1 Å². The third-order valence-corrected chi connectivity index (χ3v) is 3.55. The molecule has 96 valence electrons. The predicted octanol–water partition coefficient (Wildman–Crippen LogP) is 2.32. The first-order chi connectivity index (χ1) is 8.58. The molecule has 1 fully saturated rings. The zero-order chi connectivity index (χ0) is 13.1. The average molecular weight is 267 g/mol. The Morgan fingerprint density at radius 1 is 1.39 bits per heavy atom. The molecule has 0 atom stereocenters. The van der Waals surface area contributed by atoms with Crippen LogP contribution in [0.15, 0.2) is 18.3 Å². The summed E-state index contributed by atoms with van der Waals surface area (Å²) >= 11 is 5.74. The van der Waals surface area contributed by atoms with E-state index in [0.717, 1.165) is 12.8 Å². The number of ketones is 1. The van der Waals surface area contributed by atoms with Gasteiger partial charge in [-0.3, -0.25) is 9.59 Å². The van der Waals surface area contributed by atoms with Gasteiger partial charge in [-0.15, -0.1) is 0 Å². The van der Waals surface area contributed by atoms with Crippen LogP contribution in [0.25, 0.3) is 0 Å². The summed E-state index contributed by atoms with van der Waals surface area (Å²) in [6.07, 6.45) is 4.09. The molecule has 1 aliphatic rings. The van der Waals surface area contributed by atoms with Crippen LogP contribution in [0.3, 0.4) is 0 Å². The first kappa shape index (κ1) is 13.0. The van der Waals surface area contributed by atoms with E-state index < -0.39 is 0 Å². The molecule has 0 spiro atoms. The average Bonchev–Trinajstić information content (AvgIpc) is 2.39. The van der Waals surface area contributed by atoms with Gasteiger partial charge in [-0.05, 0) is 25.0 Å². The third-order valence-electron chi connectivity index (χ3n) is 3.33. The van der Waals surface area contributed by atoms with E-state index in [1.807, 2.05) is 0 Å². The zero-order valence-electron chi connectivity index (χ0n) is 10.2. The zero-order valence-corrected chi connectivity index (χ0v) is 11.0. The summed E-state index contributed by atoms with van der Waals surface area (Å²) < 4.78 is 0. The van der Waals surface area contributed by atoms with Gasteiger partial charge in [0.2, 0.25) is 0 Å². The summed E-state index contributed by atoms with van der Waals surface area (Å²) in [5.41, 5.74) is 0.388. The van der Waals surface area contributed by atoms with E-state index in [1.165, 1.54) is 6.20 Å². The fraction of sp³-hybridized carbons (Fsp3) is 0.462. The van der Waals surface area contributed by atoms with Gasteiger partial charge < -0.3 is 4.90 Å². The summed E-state index contributed by atoms with van der Waals surface area (Å²) in [7, 11) is 1.76. The van der Waals surface area contributed by atoms with E-state index in [2.05, 4.69) is 4.98 Å². The lowest BCUT2D eigenvalue weighted by Gasteiger charge is -2.30. The lowest BCUT2D eigenvalue weighted by atomic mass is 9.93. The van der Waals surface area contributed by atoms with Crippen molar-refractivity contribution < 1.29 is 9.59 Å². The van der Waals surface area contributed by atoms with Crippen molar-refractivity contribution in [2.75, 3.05) is 7.05 Å². The summed E-state index contributed by atoms with van der Waals surface area (Å²) in [5, 5.41) is 0.512. The van der Waals surface area contributed by atoms with E-state index >= 15 is 0 Å². The molecule has 1 heterocycles. The Kier molecular flexibility index (Phi) is 3.97. The first-order valence-electron chi connectivity index (χ1n) is 5.98. The summed E-state index contributed by atoms with van der Waals surface area (Å²) in [6.45, 7) is 0. The van der Waals surface area contributed by atoms with Crippen LogP contribution in [0.1, 0.15) is 36.2 Å². The second-order valence-corrected chi connectivity index (χ2v) is 4.98. The Labute approximate surface area is 111 Å². The van der Waals surface area contributed by atoms with Crippen LogP contribution in [0.4, 0.5) is 0 Å². The molecule has 4 nitrogen and oxygen atoms in total. The minimum absolute atomic E-state index is 0.119. The smallest absolute Gasteiger partial charge is 0.272 e. The van der Waals surface area contributed by atoms with E-state index in [4.69, 9.17) is 11.6 Å². The number of halogens is 1. The van der Waals surface area contributed by atoms with Crippen LogP contribution >= 0.6 is 11.6 Å². The minimum Gasteiger partial charge on any atom is -0.337 e. The number of carbonyl (C=O) groups is 2. The number of hydrogen-bond acceptors (Lipinski definition) is 3. The monoisotopic (exact) mass is 266 g/mol. The molecule has 1 aromatic heterocycles. The molecule has 1 aliphatic carbocycles. The third kappa shape index (κ3) is 2.88. The number of pyridine rings is 1. The fourth-order valence-corrected chi connectivity index (χ4v) is 2.27. The minimum atomic E-state index is -0.119. The highest BCUT2D eigenvalue weighted by atomic mass is 35.5. The largest absolute Gasteiger partial charge is 0.337 e. The number of carbonyl (C=O) groups excluding carboxylic acids is 2. The molecule has 2 rings (SSSR count). The number of amides is 1. The highest BCUT2D eigenvalue weighted by molar-refractivity contribution is 6.30. The maximum Gasteiger partial charge on any atom is 0.272 e. The Bertz CT molecular complexity index is 449. The van der Waals surface area contributed by atoms with Crippen molar-refractivity contribution >= 4 is 23.3 Å². The normalized spacial score (nSPS) is 16.7. The van der Waals surface area contributed by atoms with E-state index in [0.29, 0.717) is 23.6 Å². The van der Waals surface area contributed by atoms with Crippen molar-refractivity contribution in [3.63, 3.8) is 0 Å². The molecule has 0 unspecified atom stereocenters. The molecular formula is C13H15ClN2O2. The van der Waals surface area contributed by atoms with Crippen molar-refractivity contribution in [2.24, 2.45) is 0 Å². The van der Waals surface area contributed by atoms with Gasteiger partial charge in [0, 0.05) is 32.1 Å². The van der Waals surface area contributed by atoms with Crippen LogP contribution in [0.2, 0.25) is 5.02 Å². The van der Waals surface area contributed by atoms with Gasteiger partial charge in [0.05, 0.1) is 5.02 Å². The van der Waals surface area contributed by atoms with Crippen molar-refractivity contribution in [1.82, 2.24) is 9.88 Å². The van der Waals surface area contributed by atoms with Gasteiger partial charge in [0.1, 0.15) is 11.5 Å². The number of aromatic nitrogens is 1. The van der Waals surface area contributed by atoms with E-state index in [-0.39, 0.29) is 17.7 Å². The van der Waals surface area contributed by atoms with Gasteiger partial charge in [-0.2, -0.15) is 0 Å². The second-order valence-electron chi connectivity index (χ2n) is 4.55. The van der Waals surface area contributed by atoms with Gasteiger partial charge >= 0.3 is 0 Å². The fourth-order valence-electron chi connectivity index (χ4n) is 2.16. The van der Waals surface area contributed by atoms with Crippen LogP contribution < -0.4 is 0 Å². The molecule has 0 radical (unpaired) electrons. The van der Waals surface area contributed by atoms with E-state index in [9.17, 15) is 9.59 Å². The van der Waals surface area contributed by atoms with Crippen molar-refractivity contribution in [1.29, 1.82) is 0 Å². The molecule has 1 amide bonds. The molecular weight excluding hydrogens is 252 g/mol. The van der Waals surface area contributed by atoms with Gasteiger partial charge in [0.15, 0.2) is 0 Å². The summed E-state index contributed by atoms with van der Waals surface area (Å²) in [4.78, 5) is 29.1. The molecule has 18 heavy (non-hydrogen) atoms. The lowest BCUT2D eigenvalue weighted by Crippen LogP contribution is -2.39. The molecule has 0 aliphatic heterocycles. The van der Waals surface area contributed by atoms with Gasteiger partial charge in [0.25, 0.3) is 5.91 Å². The van der Waals surface area contributed by atoms with Crippen molar-refractivity contribution in [3.8, 4) is 0 Å². The first-order valence-corrected chi connectivity index (χ1v) is 6.36. The number of Topliss-reactive ketones (excluding diaryl/α,β-unsaturated/α-hetero) is 1. The maximum atomic E-state index is 12.2. The lowest BCUT2D eigenvalue weighted by molar-refractivity contribution is -0.121. The van der Waals surface area contributed by atoms with Crippen LogP contribution in [-0.2, 0) is 4.79 Å². The van der Waals surface area contributed by atoms with Crippen molar-refractivity contribution in [3.05, 3.63) is 29.0 Å². The quantitative estimate of drug-likeness (QED) is 0.825. The molecule has 1 aromatic rings. The van der Waals surface area contributed by atoms with Gasteiger partial charge in [-0.1, -0.05) is 11.6 Å². The second kappa shape index (κ2) is 5.48. The maximum absolute atomic E-state index is 12.2. The topological polar surface area (TPSA) is 50.3 Å². The standard InChI is InChI=1S/C13H15ClN2O2/c1-16(10-3-5-11(17)6-4-10)13(18)12-7-2-9(14)8-15-12/h2,7-8,10H,3-6H2,1H3. The van der Waals surface area contributed by atoms with Gasteiger partial charge in [-0.25, -0.2) is 4.98 Å². The predicted molar refractivity (Wildman–Crippen MR) is 68.6 cm³/mol. The molecule has 0 saturated heterocycles. The van der Waals surface area contributed by atoms with Crippen molar-refractivity contribution in [2.45, 2.75) is 31.7 Å². The van der Waals surface area contributed by atoms with Crippen LogP contribution in [0.5, 0.6) is 0 Å². The molecule has 1 saturated carbocycles. The molecule has 0 bridgehead atoms. The number of rotatable bonds is 2. The Balaban J connectivity index is 2.04. The SMILES string of the molecule is CN(C(=O)c1ccc(Cl)cn1)C1CCC(=O)CC1. The molecule has 5 heteroatoms. The summed E-state index contributed by atoms with van der Waals surface area (Å²) in [6, 6.07) is 3.41. The highest BCUT2D eigenvalue weighted by Gasteiger charge is 2.26. The molecule has 0 N–H and O–H groups in total. The number of hydrogen-bond donors (Lipinski definition) is 0. The van der Waals surface area contributed by atoms with Crippen LogP contribution in [-0.4, -0.2) is 34.7 Å². The Morgan fingerprint density at radius 2 is 2.06 bits per heavy atom. The summed E-state index contributed by atoms with van der Waals surface area (Å²) in [5.74, 6) is 0.169. The Hall–Kier alpha value is -1.42. The number of nitrogens with zero attached hydrogens (tertiary/aromatic N) is 2. The molecule has 0 aromatic carbocycles. The Morgan fingerprint density at radius 3 is 2.61 bits per heavy atom. The highest BCUT2D eigenvalue weighted by Crippen LogP contribution is 2.20.